The number of aromatic nitrogens is 3. The SMILES string of the molecule is c1ccc(COc2nn(CCN3CCCCC3)cc2-c2ccncc2)cc1. The van der Waals surface area contributed by atoms with Crippen LogP contribution in [-0.2, 0) is 13.2 Å². The van der Waals surface area contributed by atoms with Gasteiger partial charge in [-0.2, -0.15) is 0 Å². The van der Waals surface area contributed by atoms with E-state index >= 15 is 0 Å². The molecule has 0 amide bonds. The third-order valence-electron chi connectivity index (χ3n) is 5.03. The number of hydrogen-bond donors (Lipinski definition) is 0. The van der Waals surface area contributed by atoms with Crippen LogP contribution >= 0.6 is 0 Å². The van der Waals surface area contributed by atoms with Gasteiger partial charge in [-0.1, -0.05) is 36.8 Å². The molecule has 3 aromatic rings. The molecule has 5 nitrogen and oxygen atoms in total. The number of ether oxygens (including phenoxy) is 1. The van der Waals surface area contributed by atoms with E-state index in [4.69, 9.17) is 9.84 Å². The fourth-order valence-corrected chi connectivity index (χ4v) is 3.51. The molecule has 0 radical (unpaired) electrons. The third kappa shape index (κ3) is 4.74. The van der Waals surface area contributed by atoms with Crippen molar-refractivity contribution in [2.24, 2.45) is 0 Å². The Kier molecular flexibility index (Phi) is 5.80. The van der Waals surface area contributed by atoms with Gasteiger partial charge >= 0.3 is 0 Å². The fourth-order valence-electron chi connectivity index (χ4n) is 3.51. The first kappa shape index (κ1) is 17.7. The first-order valence-electron chi connectivity index (χ1n) is 9.75. The Morgan fingerprint density at radius 2 is 1.67 bits per heavy atom. The maximum absolute atomic E-state index is 6.08. The zero-order chi connectivity index (χ0) is 18.3. The molecule has 0 unspecified atom stereocenters. The minimum atomic E-state index is 0.516. The lowest BCUT2D eigenvalue weighted by Crippen LogP contribution is -2.32. The predicted molar refractivity (Wildman–Crippen MR) is 107 cm³/mol. The summed E-state index contributed by atoms with van der Waals surface area (Å²) in [5.74, 6) is 0.684. The monoisotopic (exact) mass is 362 g/mol. The van der Waals surface area contributed by atoms with Gasteiger partial charge in [0.1, 0.15) is 6.61 Å². The summed E-state index contributed by atoms with van der Waals surface area (Å²) >= 11 is 0. The Bertz CT molecular complexity index is 826. The highest BCUT2D eigenvalue weighted by Gasteiger charge is 2.15. The zero-order valence-corrected chi connectivity index (χ0v) is 15.6. The van der Waals surface area contributed by atoms with Gasteiger partial charge in [0, 0.05) is 25.1 Å². The molecule has 2 aromatic heterocycles. The van der Waals surface area contributed by atoms with Crippen LogP contribution in [0.3, 0.4) is 0 Å². The van der Waals surface area contributed by atoms with E-state index in [2.05, 4.69) is 28.2 Å². The molecule has 4 rings (SSSR count). The molecule has 0 saturated carbocycles. The minimum Gasteiger partial charge on any atom is -0.471 e. The summed E-state index contributed by atoms with van der Waals surface area (Å²) in [5, 5.41) is 4.73. The third-order valence-corrected chi connectivity index (χ3v) is 5.03. The van der Waals surface area contributed by atoms with Crippen LogP contribution in [-0.4, -0.2) is 39.3 Å². The largest absolute Gasteiger partial charge is 0.471 e. The molecule has 1 fully saturated rings. The van der Waals surface area contributed by atoms with Crippen LogP contribution in [0.1, 0.15) is 24.8 Å². The molecule has 27 heavy (non-hydrogen) atoms. The van der Waals surface area contributed by atoms with Gasteiger partial charge in [-0.15, -0.1) is 5.10 Å². The molecular weight excluding hydrogens is 336 g/mol. The molecule has 5 heteroatoms. The standard InChI is InChI=1S/C22H26N4O/c1-3-7-19(8-4-1)18-27-22-21(20-9-11-23-12-10-20)17-26(24-22)16-15-25-13-5-2-6-14-25/h1,3-4,7-12,17H,2,5-6,13-16,18H2. The van der Waals surface area contributed by atoms with Crippen molar-refractivity contribution in [1.29, 1.82) is 0 Å². The second kappa shape index (κ2) is 8.82. The average Bonchev–Trinajstić information content (AvgIpc) is 3.16. The maximum Gasteiger partial charge on any atom is 0.241 e. The second-order valence-corrected chi connectivity index (χ2v) is 7.02. The predicted octanol–water partition coefficient (Wildman–Crippen LogP) is 4.01. The lowest BCUT2D eigenvalue weighted by molar-refractivity contribution is 0.216. The van der Waals surface area contributed by atoms with Crippen molar-refractivity contribution >= 4 is 0 Å². The minimum absolute atomic E-state index is 0.516. The molecule has 0 atom stereocenters. The van der Waals surface area contributed by atoms with Crippen molar-refractivity contribution in [3.05, 3.63) is 66.6 Å². The number of rotatable bonds is 7. The smallest absolute Gasteiger partial charge is 0.241 e. The van der Waals surface area contributed by atoms with Gasteiger partial charge in [0.25, 0.3) is 0 Å². The first-order chi connectivity index (χ1) is 13.4. The van der Waals surface area contributed by atoms with Crippen LogP contribution in [0.15, 0.2) is 61.1 Å². The molecule has 1 aromatic carbocycles. The van der Waals surface area contributed by atoms with Gasteiger partial charge in [-0.25, -0.2) is 0 Å². The maximum atomic E-state index is 6.08. The van der Waals surface area contributed by atoms with Gasteiger partial charge < -0.3 is 9.64 Å². The first-order valence-corrected chi connectivity index (χ1v) is 9.75. The van der Waals surface area contributed by atoms with Crippen molar-refractivity contribution in [1.82, 2.24) is 19.7 Å². The average molecular weight is 362 g/mol. The summed E-state index contributed by atoms with van der Waals surface area (Å²) in [5.41, 5.74) is 3.24. The quantitative estimate of drug-likeness (QED) is 0.637. The molecule has 1 aliphatic rings. The molecule has 0 bridgehead atoms. The van der Waals surface area contributed by atoms with Gasteiger partial charge in [-0.05, 0) is 49.2 Å². The molecule has 3 heterocycles. The summed E-state index contributed by atoms with van der Waals surface area (Å²) in [6, 6.07) is 14.2. The van der Waals surface area contributed by atoms with Crippen LogP contribution in [0.5, 0.6) is 5.88 Å². The van der Waals surface area contributed by atoms with Gasteiger partial charge in [-0.3, -0.25) is 9.67 Å². The number of pyridine rings is 1. The van der Waals surface area contributed by atoms with E-state index < -0.39 is 0 Å². The molecule has 0 spiro atoms. The number of piperidine rings is 1. The van der Waals surface area contributed by atoms with Crippen molar-refractivity contribution in [2.75, 3.05) is 19.6 Å². The van der Waals surface area contributed by atoms with Crippen LogP contribution in [0.2, 0.25) is 0 Å². The second-order valence-electron chi connectivity index (χ2n) is 7.02. The summed E-state index contributed by atoms with van der Waals surface area (Å²) < 4.78 is 8.10. The Labute approximate surface area is 160 Å². The highest BCUT2D eigenvalue weighted by Crippen LogP contribution is 2.29. The van der Waals surface area contributed by atoms with Crippen molar-refractivity contribution in [2.45, 2.75) is 32.4 Å². The Balaban J connectivity index is 1.49. The van der Waals surface area contributed by atoms with Gasteiger partial charge in [0.2, 0.25) is 5.88 Å². The van der Waals surface area contributed by atoms with Crippen LogP contribution in [0.25, 0.3) is 11.1 Å². The summed E-state index contributed by atoms with van der Waals surface area (Å²) in [6.45, 7) is 4.84. The summed E-state index contributed by atoms with van der Waals surface area (Å²) in [6.07, 6.45) is 9.70. The van der Waals surface area contributed by atoms with Crippen LogP contribution < -0.4 is 4.74 Å². The highest BCUT2D eigenvalue weighted by molar-refractivity contribution is 5.67. The molecule has 140 valence electrons. The highest BCUT2D eigenvalue weighted by atomic mass is 16.5. The van der Waals surface area contributed by atoms with Crippen LogP contribution in [0, 0.1) is 0 Å². The zero-order valence-electron chi connectivity index (χ0n) is 15.6. The van der Waals surface area contributed by atoms with Crippen molar-refractivity contribution < 1.29 is 4.74 Å². The van der Waals surface area contributed by atoms with Gasteiger partial charge in [0.15, 0.2) is 0 Å². The van der Waals surface area contributed by atoms with Crippen LogP contribution in [0.4, 0.5) is 0 Å². The summed E-state index contributed by atoms with van der Waals surface area (Å²) in [4.78, 5) is 6.65. The fraction of sp³-hybridized carbons (Fsp3) is 0.364. The van der Waals surface area contributed by atoms with E-state index in [1.807, 2.05) is 35.0 Å². The van der Waals surface area contributed by atoms with Crippen molar-refractivity contribution in [3.63, 3.8) is 0 Å². The Morgan fingerprint density at radius 3 is 2.44 bits per heavy atom. The number of benzene rings is 1. The van der Waals surface area contributed by atoms with E-state index in [1.54, 1.807) is 12.4 Å². The topological polar surface area (TPSA) is 43.2 Å². The van der Waals surface area contributed by atoms with E-state index in [1.165, 1.54) is 32.4 Å². The van der Waals surface area contributed by atoms with E-state index in [-0.39, 0.29) is 0 Å². The van der Waals surface area contributed by atoms with E-state index in [0.29, 0.717) is 12.5 Å². The molecule has 1 aliphatic heterocycles. The normalized spacial score (nSPS) is 15.0. The molecular formula is C22H26N4O. The van der Waals surface area contributed by atoms with E-state index in [9.17, 15) is 0 Å². The number of nitrogens with zero attached hydrogens (tertiary/aromatic N) is 4. The molecule has 0 N–H and O–H groups in total. The lowest BCUT2D eigenvalue weighted by Gasteiger charge is -2.26. The lowest BCUT2D eigenvalue weighted by atomic mass is 10.1. The van der Waals surface area contributed by atoms with Gasteiger partial charge in [0.05, 0.1) is 12.1 Å². The van der Waals surface area contributed by atoms with Crippen molar-refractivity contribution in [3.8, 4) is 17.0 Å². The van der Waals surface area contributed by atoms with E-state index in [0.717, 1.165) is 29.8 Å². The number of hydrogen-bond acceptors (Lipinski definition) is 4. The Morgan fingerprint density at radius 1 is 0.889 bits per heavy atom. The molecule has 1 saturated heterocycles. The number of likely N-dealkylation sites (tertiary alicyclic amines) is 1. The molecule has 0 aliphatic carbocycles. The Hall–Kier alpha value is -2.66. The summed E-state index contributed by atoms with van der Waals surface area (Å²) in [7, 11) is 0.